The van der Waals surface area contributed by atoms with Crippen molar-refractivity contribution >= 4 is 22.7 Å². The van der Waals surface area contributed by atoms with Gasteiger partial charge >= 0.3 is 5.97 Å². The molecule has 33 heavy (non-hydrogen) atoms. The van der Waals surface area contributed by atoms with Crippen LogP contribution in [0.4, 0.5) is 0 Å². The molecule has 0 bridgehead atoms. The molecule has 0 spiro atoms. The van der Waals surface area contributed by atoms with E-state index in [4.69, 9.17) is 9.47 Å². The number of fused-ring (bicyclic) bond motifs is 2. The zero-order chi connectivity index (χ0) is 23.0. The molecule has 2 heterocycles. The molecule has 0 saturated carbocycles. The number of ether oxygens (including phenoxy) is 2. The summed E-state index contributed by atoms with van der Waals surface area (Å²) in [7, 11) is 0. The largest absolute Gasteiger partial charge is 0.493 e. The predicted octanol–water partition coefficient (Wildman–Crippen LogP) is 4.95. The second-order valence-electron chi connectivity index (χ2n) is 8.38. The van der Waals surface area contributed by atoms with Gasteiger partial charge in [0.05, 0.1) is 19.1 Å². The number of benzene rings is 3. The molecule has 0 radical (unpaired) electrons. The maximum absolute atomic E-state index is 13.4. The van der Waals surface area contributed by atoms with Crippen molar-refractivity contribution in [2.45, 2.75) is 18.3 Å². The van der Waals surface area contributed by atoms with Crippen LogP contribution >= 0.6 is 0 Å². The number of carbonyl (C=O) groups is 2. The smallest absolute Gasteiger partial charge is 0.321 e. The van der Waals surface area contributed by atoms with E-state index < -0.39 is 17.2 Å². The quantitative estimate of drug-likeness (QED) is 0.313. The molecule has 0 fully saturated rings. The number of aromatic nitrogens is 1. The van der Waals surface area contributed by atoms with Gasteiger partial charge in [0.1, 0.15) is 11.5 Å². The summed E-state index contributed by atoms with van der Waals surface area (Å²) in [5, 5.41) is 10.8. The Balaban J connectivity index is 1.36. The highest BCUT2D eigenvalue weighted by Crippen LogP contribution is 2.35. The van der Waals surface area contributed by atoms with Crippen LogP contribution in [0.25, 0.3) is 10.9 Å². The number of carboxylic acids is 1. The van der Waals surface area contributed by atoms with Gasteiger partial charge < -0.3 is 19.6 Å². The summed E-state index contributed by atoms with van der Waals surface area (Å²) in [5.74, 6) is -0.0346. The van der Waals surface area contributed by atoms with Gasteiger partial charge in [-0.1, -0.05) is 30.3 Å². The highest BCUT2D eigenvalue weighted by Gasteiger charge is 2.44. The molecule has 0 amide bonds. The molecule has 6 heteroatoms. The van der Waals surface area contributed by atoms with Crippen LogP contribution in [-0.4, -0.2) is 35.1 Å². The SMILES string of the molecule is CC(C(=O)O)(C(=O)c1ccc(OC[C@H]2COc3ccccc32)cc1)c1cccc2[nH]ccc12. The second kappa shape index (κ2) is 8.13. The first-order valence-electron chi connectivity index (χ1n) is 10.8. The molecule has 4 aromatic rings. The number of rotatable bonds is 7. The van der Waals surface area contributed by atoms with Gasteiger partial charge in [0.2, 0.25) is 0 Å². The number of H-pyrrole nitrogens is 1. The lowest BCUT2D eigenvalue weighted by molar-refractivity contribution is -0.141. The minimum absolute atomic E-state index is 0.139. The molecule has 1 aliphatic heterocycles. The zero-order valence-corrected chi connectivity index (χ0v) is 18.1. The van der Waals surface area contributed by atoms with E-state index in [9.17, 15) is 14.7 Å². The van der Waals surface area contributed by atoms with E-state index in [1.165, 1.54) is 6.92 Å². The Morgan fingerprint density at radius 2 is 1.85 bits per heavy atom. The molecule has 6 nitrogen and oxygen atoms in total. The first kappa shape index (κ1) is 20.8. The van der Waals surface area contributed by atoms with E-state index in [0.29, 0.717) is 30.1 Å². The van der Waals surface area contributed by atoms with Crippen LogP contribution < -0.4 is 9.47 Å². The first-order chi connectivity index (χ1) is 16.0. The van der Waals surface area contributed by atoms with Crippen LogP contribution in [0, 0.1) is 0 Å². The number of aromatic amines is 1. The van der Waals surface area contributed by atoms with Gasteiger partial charge in [-0.05, 0) is 55.0 Å². The van der Waals surface area contributed by atoms with E-state index in [1.807, 2.05) is 30.3 Å². The zero-order valence-electron chi connectivity index (χ0n) is 18.1. The average molecular weight is 441 g/mol. The fraction of sp³-hybridized carbons (Fsp3) is 0.185. The highest BCUT2D eigenvalue weighted by atomic mass is 16.5. The summed E-state index contributed by atoms with van der Waals surface area (Å²) in [4.78, 5) is 28.9. The van der Waals surface area contributed by atoms with Gasteiger partial charge in [-0.2, -0.15) is 0 Å². The molecule has 1 unspecified atom stereocenters. The van der Waals surface area contributed by atoms with Crippen LogP contribution in [-0.2, 0) is 10.2 Å². The number of carboxylic acid groups (broad SMARTS) is 1. The topological polar surface area (TPSA) is 88.6 Å². The molecule has 2 atom stereocenters. The molecule has 0 saturated heterocycles. The number of hydrogen-bond donors (Lipinski definition) is 2. The lowest BCUT2D eigenvalue weighted by Crippen LogP contribution is -2.41. The molecule has 2 N–H and O–H groups in total. The van der Waals surface area contributed by atoms with Gasteiger partial charge in [0, 0.05) is 28.2 Å². The number of hydrogen-bond acceptors (Lipinski definition) is 4. The first-order valence-corrected chi connectivity index (χ1v) is 10.8. The van der Waals surface area contributed by atoms with E-state index in [-0.39, 0.29) is 5.92 Å². The molecular weight excluding hydrogens is 418 g/mol. The number of Topliss-reactive ketones (excluding diaryl/α,β-unsaturated/α-hetero) is 1. The van der Waals surface area contributed by atoms with E-state index in [0.717, 1.165) is 22.2 Å². The van der Waals surface area contributed by atoms with Crippen LogP contribution in [0.1, 0.15) is 34.3 Å². The van der Waals surface area contributed by atoms with Gasteiger partial charge in [0.15, 0.2) is 11.2 Å². The third kappa shape index (κ3) is 3.53. The number of ketones is 1. The molecular formula is C27H23NO5. The maximum Gasteiger partial charge on any atom is 0.321 e. The Bertz CT molecular complexity index is 1340. The molecule has 5 rings (SSSR count). The second-order valence-corrected chi connectivity index (χ2v) is 8.38. The number of aliphatic carboxylic acids is 1. The fourth-order valence-corrected chi connectivity index (χ4v) is 4.41. The molecule has 1 aromatic heterocycles. The maximum atomic E-state index is 13.4. The van der Waals surface area contributed by atoms with E-state index >= 15 is 0 Å². The fourth-order valence-electron chi connectivity index (χ4n) is 4.41. The van der Waals surface area contributed by atoms with Crippen LogP contribution in [0.2, 0.25) is 0 Å². The van der Waals surface area contributed by atoms with Crippen molar-refractivity contribution in [1.82, 2.24) is 4.98 Å². The van der Waals surface area contributed by atoms with E-state index in [1.54, 1.807) is 48.7 Å². The number of nitrogens with one attached hydrogen (secondary N) is 1. The highest BCUT2D eigenvalue weighted by molar-refractivity contribution is 6.18. The summed E-state index contributed by atoms with van der Waals surface area (Å²) in [6, 6.07) is 21.7. The van der Waals surface area contributed by atoms with Crippen LogP contribution in [0.3, 0.4) is 0 Å². The Labute approximate surface area is 190 Å². The lowest BCUT2D eigenvalue weighted by atomic mass is 9.75. The van der Waals surface area contributed by atoms with Crippen molar-refractivity contribution in [1.29, 1.82) is 0 Å². The normalized spacial score (nSPS) is 16.6. The van der Waals surface area contributed by atoms with Gasteiger partial charge in [-0.3, -0.25) is 9.59 Å². The van der Waals surface area contributed by atoms with Crippen molar-refractivity contribution in [2.75, 3.05) is 13.2 Å². The van der Waals surface area contributed by atoms with Crippen molar-refractivity contribution in [3.05, 3.63) is 95.7 Å². The molecule has 166 valence electrons. The van der Waals surface area contributed by atoms with Gasteiger partial charge in [0.25, 0.3) is 0 Å². The minimum atomic E-state index is -1.73. The number of para-hydroxylation sites is 1. The Morgan fingerprint density at radius 1 is 1.06 bits per heavy atom. The Morgan fingerprint density at radius 3 is 2.64 bits per heavy atom. The third-order valence-corrected chi connectivity index (χ3v) is 6.38. The number of carbonyl (C=O) groups excluding carboxylic acids is 1. The van der Waals surface area contributed by atoms with Crippen LogP contribution in [0.5, 0.6) is 11.5 Å². The van der Waals surface area contributed by atoms with Crippen molar-refractivity contribution in [2.24, 2.45) is 0 Å². The molecule has 3 aromatic carbocycles. The van der Waals surface area contributed by atoms with Crippen molar-refractivity contribution in [3.8, 4) is 11.5 Å². The van der Waals surface area contributed by atoms with E-state index in [2.05, 4.69) is 4.98 Å². The summed E-state index contributed by atoms with van der Waals surface area (Å²) in [6.45, 7) is 2.48. The molecule has 1 aliphatic rings. The summed E-state index contributed by atoms with van der Waals surface area (Å²) in [5.41, 5.74) is 0.956. The Kier molecular flexibility index (Phi) is 5.13. The lowest BCUT2D eigenvalue weighted by Gasteiger charge is -2.25. The van der Waals surface area contributed by atoms with Crippen LogP contribution in [0.15, 0.2) is 79.0 Å². The average Bonchev–Trinajstić information content (AvgIpc) is 3.49. The predicted molar refractivity (Wildman–Crippen MR) is 124 cm³/mol. The molecule has 0 aliphatic carbocycles. The Hall–Kier alpha value is -4.06. The summed E-state index contributed by atoms with van der Waals surface area (Å²) >= 11 is 0. The monoisotopic (exact) mass is 441 g/mol. The standard InChI is InChI=1S/C27H23NO5/c1-27(26(30)31,22-6-4-7-23-21(22)13-14-28-23)25(29)17-9-11-19(12-10-17)32-15-18-16-33-24-8-3-2-5-20(18)24/h2-14,18,28H,15-16H2,1H3,(H,30,31)/t18-,27?/m0/s1. The minimum Gasteiger partial charge on any atom is -0.493 e. The summed E-state index contributed by atoms with van der Waals surface area (Å²) in [6.07, 6.45) is 1.74. The van der Waals surface area contributed by atoms with Gasteiger partial charge in [-0.25, -0.2) is 0 Å². The van der Waals surface area contributed by atoms with Crippen molar-refractivity contribution < 1.29 is 24.2 Å². The third-order valence-electron chi connectivity index (χ3n) is 6.38. The summed E-state index contributed by atoms with van der Waals surface area (Å²) < 4.78 is 11.6. The van der Waals surface area contributed by atoms with Gasteiger partial charge in [-0.15, -0.1) is 0 Å². The van der Waals surface area contributed by atoms with Crippen molar-refractivity contribution in [3.63, 3.8) is 0 Å².